The molecule has 12 heavy (non-hydrogen) atoms. The summed E-state index contributed by atoms with van der Waals surface area (Å²) in [7, 11) is 0. The van der Waals surface area contributed by atoms with E-state index in [2.05, 4.69) is 17.0 Å². The van der Waals surface area contributed by atoms with Crippen LogP contribution in [0.5, 0.6) is 0 Å². The summed E-state index contributed by atoms with van der Waals surface area (Å²) in [6.45, 7) is 0. The van der Waals surface area contributed by atoms with Crippen LogP contribution in [0.15, 0.2) is 24.5 Å². The standard InChI is InChI=1S/C11H13N/c1-2-3-4-5-7-11-8-6-9-12-10-11/h1,6,8-10H,3-5,7H2. The van der Waals surface area contributed by atoms with Gasteiger partial charge < -0.3 is 0 Å². The molecule has 0 aliphatic rings. The first-order valence-electron chi connectivity index (χ1n) is 4.26. The Bertz CT molecular complexity index is 245. The number of rotatable bonds is 4. The lowest BCUT2D eigenvalue weighted by atomic mass is 10.1. The van der Waals surface area contributed by atoms with E-state index in [0.29, 0.717) is 0 Å². The van der Waals surface area contributed by atoms with Crippen LogP contribution in [0.2, 0.25) is 0 Å². The Morgan fingerprint density at radius 3 is 3.00 bits per heavy atom. The molecule has 0 aromatic carbocycles. The quantitative estimate of drug-likeness (QED) is 0.485. The number of hydrogen-bond acceptors (Lipinski definition) is 1. The Morgan fingerprint density at radius 2 is 2.33 bits per heavy atom. The molecule has 62 valence electrons. The van der Waals surface area contributed by atoms with Gasteiger partial charge in [-0.2, -0.15) is 0 Å². The fraction of sp³-hybridized carbons (Fsp3) is 0.364. The van der Waals surface area contributed by atoms with Crippen LogP contribution in [-0.4, -0.2) is 4.98 Å². The van der Waals surface area contributed by atoms with Crippen LogP contribution in [0.3, 0.4) is 0 Å². The van der Waals surface area contributed by atoms with E-state index in [-0.39, 0.29) is 0 Å². The van der Waals surface area contributed by atoms with E-state index < -0.39 is 0 Å². The third-order valence-corrected chi connectivity index (χ3v) is 1.76. The first kappa shape index (κ1) is 8.80. The zero-order chi connectivity index (χ0) is 8.65. The summed E-state index contributed by atoms with van der Waals surface area (Å²) >= 11 is 0. The molecule has 0 saturated carbocycles. The molecule has 1 heteroatoms. The Labute approximate surface area is 73.8 Å². The molecule has 0 spiro atoms. The van der Waals surface area contributed by atoms with Crippen molar-refractivity contribution in [1.29, 1.82) is 0 Å². The lowest BCUT2D eigenvalue weighted by Crippen LogP contribution is -1.85. The van der Waals surface area contributed by atoms with E-state index in [0.717, 1.165) is 25.7 Å². The highest BCUT2D eigenvalue weighted by Gasteiger charge is 1.90. The second-order valence-electron chi connectivity index (χ2n) is 2.77. The van der Waals surface area contributed by atoms with Crippen molar-refractivity contribution in [3.8, 4) is 12.3 Å². The molecule has 0 N–H and O–H groups in total. The highest BCUT2D eigenvalue weighted by molar-refractivity contribution is 5.08. The van der Waals surface area contributed by atoms with Gasteiger partial charge in [-0.15, -0.1) is 12.3 Å². The van der Waals surface area contributed by atoms with E-state index in [9.17, 15) is 0 Å². The van der Waals surface area contributed by atoms with Crippen LogP contribution in [-0.2, 0) is 6.42 Å². The topological polar surface area (TPSA) is 12.9 Å². The minimum Gasteiger partial charge on any atom is -0.264 e. The predicted molar refractivity (Wildman–Crippen MR) is 50.6 cm³/mol. The van der Waals surface area contributed by atoms with Gasteiger partial charge in [-0.25, -0.2) is 0 Å². The molecule has 0 fully saturated rings. The van der Waals surface area contributed by atoms with Crippen molar-refractivity contribution in [2.24, 2.45) is 0 Å². The summed E-state index contributed by atoms with van der Waals surface area (Å²) in [5.74, 6) is 2.64. The lowest BCUT2D eigenvalue weighted by molar-refractivity contribution is 0.754. The summed E-state index contributed by atoms with van der Waals surface area (Å²) in [6.07, 6.45) is 13.1. The molecule has 1 aromatic rings. The molecule has 1 rings (SSSR count). The van der Waals surface area contributed by atoms with E-state index in [4.69, 9.17) is 6.42 Å². The molecular weight excluding hydrogens is 146 g/mol. The first-order valence-corrected chi connectivity index (χ1v) is 4.26. The Hall–Kier alpha value is -1.29. The van der Waals surface area contributed by atoms with Gasteiger partial charge in [0.2, 0.25) is 0 Å². The molecule has 1 nitrogen and oxygen atoms in total. The average Bonchev–Trinajstić information content (AvgIpc) is 2.14. The summed E-state index contributed by atoms with van der Waals surface area (Å²) < 4.78 is 0. The van der Waals surface area contributed by atoms with E-state index >= 15 is 0 Å². The number of aromatic nitrogens is 1. The lowest BCUT2D eigenvalue weighted by Gasteiger charge is -1.97. The summed E-state index contributed by atoms with van der Waals surface area (Å²) in [4.78, 5) is 4.04. The zero-order valence-electron chi connectivity index (χ0n) is 7.16. The molecule has 0 bridgehead atoms. The van der Waals surface area contributed by atoms with Crippen LogP contribution in [0, 0.1) is 12.3 Å². The van der Waals surface area contributed by atoms with Crippen LogP contribution >= 0.6 is 0 Å². The third kappa shape index (κ3) is 3.21. The molecule has 0 aliphatic heterocycles. The number of terminal acetylenes is 1. The maximum atomic E-state index is 5.15. The van der Waals surface area contributed by atoms with Crippen LogP contribution in [0.4, 0.5) is 0 Å². The fourth-order valence-electron chi connectivity index (χ4n) is 1.10. The van der Waals surface area contributed by atoms with Crippen LogP contribution in [0.1, 0.15) is 24.8 Å². The molecule has 0 saturated heterocycles. The second-order valence-corrected chi connectivity index (χ2v) is 2.77. The van der Waals surface area contributed by atoms with Gasteiger partial charge in [0.1, 0.15) is 0 Å². The number of hydrogen-bond donors (Lipinski definition) is 0. The number of pyridine rings is 1. The monoisotopic (exact) mass is 159 g/mol. The molecule has 1 heterocycles. The number of aryl methyl sites for hydroxylation is 1. The smallest absolute Gasteiger partial charge is 0.0299 e. The van der Waals surface area contributed by atoms with E-state index in [1.165, 1.54) is 5.56 Å². The van der Waals surface area contributed by atoms with Gasteiger partial charge in [-0.3, -0.25) is 4.98 Å². The Morgan fingerprint density at radius 1 is 1.42 bits per heavy atom. The highest BCUT2D eigenvalue weighted by Crippen LogP contribution is 2.03. The van der Waals surface area contributed by atoms with Crippen molar-refractivity contribution in [1.82, 2.24) is 4.98 Å². The van der Waals surface area contributed by atoms with Gasteiger partial charge in [-0.1, -0.05) is 6.07 Å². The number of nitrogens with zero attached hydrogens (tertiary/aromatic N) is 1. The Kier molecular flexibility index (Phi) is 3.94. The van der Waals surface area contributed by atoms with Crippen molar-refractivity contribution in [2.75, 3.05) is 0 Å². The van der Waals surface area contributed by atoms with E-state index in [1.807, 2.05) is 12.3 Å². The van der Waals surface area contributed by atoms with Gasteiger partial charge in [0.15, 0.2) is 0 Å². The molecule has 0 amide bonds. The molecule has 0 unspecified atom stereocenters. The first-order chi connectivity index (χ1) is 5.93. The van der Waals surface area contributed by atoms with Crippen molar-refractivity contribution < 1.29 is 0 Å². The van der Waals surface area contributed by atoms with Crippen molar-refractivity contribution >= 4 is 0 Å². The van der Waals surface area contributed by atoms with Crippen molar-refractivity contribution in [3.05, 3.63) is 30.1 Å². The molecule has 0 radical (unpaired) electrons. The summed E-state index contributed by atoms with van der Waals surface area (Å²) in [6, 6.07) is 4.07. The van der Waals surface area contributed by atoms with E-state index in [1.54, 1.807) is 6.20 Å². The SMILES string of the molecule is C#CCCCCc1cccnc1. The summed E-state index contributed by atoms with van der Waals surface area (Å²) in [5.41, 5.74) is 1.30. The molecular formula is C11H13N. The number of unbranched alkanes of at least 4 members (excludes halogenated alkanes) is 2. The second kappa shape index (κ2) is 5.37. The highest BCUT2D eigenvalue weighted by atomic mass is 14.6. The maximum absolute atomic E-state index is 5.15. The van der Waals surface area contributed by atoms with Gasteiger partial charge in [0.05, 0.1) is 0 Å². The van der Waals surface area contributed by atoms with Crippen molar-refractivity contribution in [2.45, 2.75) is 25.7 Å². The normalized spacial score (nSPS) is 9.25. The fourth-order valence-corrected chi connectivity index (χ4v) is 1.10. The third-order valence-electron chi connectivity index (χ3n) is 1.76. The van der Waals surface area contributed by atoms with Gasteiger partial charge in [-0.05, 0) is 30.9 Å². The van der Waals surface area contributed by atoms with Gasteiger partial charge in [0.25, 0.3) is 0 Å². The maximum Gasteiger partial charge on any atom is 0.0299 e. The molecule has 0 aliphatic carbocycles. The minimum atomic E-state index is 0.889. The Balaban J connectivity index is 2.21. The summed E-state index contributed by atoms with van der Waals surface area (Å²) in [5, 5.41) is 0. The molecule has 0 atom stereocenters. The minimum absolute atomic E-state index is 0.889. The molecule has 1 aromatic heterocycles. The van der Waals surface area contributed by atoms with Crippen LogP contribution in [0.25, 0.3) is 0 Å². The predicted octanol–water partition coefficient (Wildman–Crippen LogP) is 2.43. The van der Waals surface area contributed by atoms with Gasteiger partial charge in [0, 0.05) is 18.8 Å². The van der Waals surface area contributed by atoms with Crippen LogP contribution < -0.4 is 0 Å². The largest absolute Gasteiger partial charge is 0.264 e. The van der Waals surface area contributed by atoms with Gasteiger partial charge >= 0.3 is 0 Å². The average molecular weight is 159 g/mol. The zero-order valence-corrected chi connectivity index (χ0v) is 7.16. The van der Waals surface area contributed by atoms with Crippen molar-refractivity contribution in [3.63, 3.8) is 0 Å².